The van der Waals surface area contributed by atoms with Crippen molar-refractivity contribution in [2.45, 2.75) is 32.5 Å². The van der Waals surface area contributed by atoms with Crippen molar-refractivity contribution in [1.29, 1.82) is 5.26 Å². The predicted molar refractivity (Wildman–Crippen MR) is 90.1 cm³/mol. The first-order valence-corrected chi connectivity index (χ1v) is 8.05. The fourth-order valence-corrected chi connectivity index (χ4v) is 2.72. The van der Waals surface area contributed by atoms with E-state index in [1.165, 1.54) is 0 Å². The van der Waals surface area contributed by atoms with Crippen molar-refractivity contribution in [2.75, 3.05) is 19.6 Å². The standard InChI is InChI=1S/C18H23N3O3/c1-13-10-21(11-14(2)24-13)12-16(9-19)18(23)20-8-7-15-3-5-17(22)6-4-15/h3-6,12-14,22H,7-8,10-11H2,1-2H3,(H,20,23)/b16-12-. The number of carbonyl (C=O) groups is 1. The molecule has 6 nitrogen and oxygen atoms in total. The highest BCUT2D eigenvalue weighted by molar-refractivity contribution is 5.97. The van der Waals surface area contributed by atoms with Gasteiger partial charge in [-0.25, -0.2) is 0 Å². The first-order valence-electron chi connectivity index (χ1n) is 8.05. The van der Waals surface area contributed by atoms with Gasteiger partial charge in [-0.1, -0.05) is 12.1 Å². The molecule has 24 heavy (non-hydrogen) atoms. The third kappa shape index (κ3) is 5.28. The molecule has 2 atom stereocenters. The van der Waals surface area contributed by atoms with Gasteiger partial charge in [-0.05, 0) is 38.0 Å². The summed E-state index contributed by atoms with van der Waals surface area (Å²) in [4.78, 5) is 14.1. The van der Waals surface area contributed by atoms with E-state index in [0.717, 1.165) is 5.56 Å². The Morgan fingerprint density at radius 2 is 2.00 bits per heavy atom. The molecule has 1 aromatic carbocycles. The third-order valence-corrected chi connectivity index (χ3v) is 3.76. The molecule has 1 aliphatic heterocycles. The minimum Gasteiger partial charge on any atom is -0.508 e. The van der Waals surface area contributed by atoms with Crippen LogP contribution in [0.15, 0.2) is 36.0 Å². The summed E-state index contributed by atoms with van der Waals surface area (Å²) in [6.45, 7) is 5.70. The van der Waals surface area contributed by atoms with Crippen LogP contribution in [0.4, 0.5) is 0 Å². The molecule has 1 fully saturated rings. The lowest BCUT2D eigenvalue weighted by atomic mass is 10.1. The number of benzene rings is 1. The summed E-state index contributed by atoms with van der Waals surface area (Å²) in [5.41, 5.74) is 1.11. The van der Waals surface area contributed by atoms with Crippen LogP contribution < -0.4 is 5.32 Å². The molecule has 1 heterocycles. The lowest BCUT2D eigenvalue weighted by Gasteiger charge is -2.34. The molecule has 2 rings (SSSR count). The van der Waals surface area contributed by atoms with E-state index >= 15 is 0 Å². The van der Waals surface area contributed by atoms with Crippen LogP contribution in [-0.2, 0) is 16.0 Å². The first-order chi connectivity index (χ1) is 11.5. The molecule has 128 valence electrons. The minimum absolute atomic E-state index is 0.0718. The van der Waals surface area contributed by atoms with Crippen LogP contribution in [-0.4, -0.2) is 47.8 Å². The van der Waals surface area contributed by atoms with Crippen molar-refractivity contribution in [3.8, 4) is 11.8 Å². The number of amides is 1. The number of hydrogen-bond donors (Lipinski definition) is 2. The fourth-order valence-electron chi connectivity index (χ4n) is 2.72. The maximum absolute atomic E-state index is 12.2. The molecule has 0 aliphatic carbocycles. The van der Waals surface area contributed by atoms with Crippen LogP contribution in [0.3, 0.4) is 0 Å². The van der Waals surface area contributed by atoms with Gasteiger partial charge in [-0.3, -0.25) is 4.79 Å². The Bertz CT molecular complexity index is 624. The summed E-state index contributed by atoms with van der Waals surface area (Å²) in [5, 5.41) is 21.2. The number of nitrogens with one attached hydrogen (secondary N) is 1. The van der Waals surface area contributed by atoms with Crippen LogP contribution in [0.5, 0.6) is 5.75 Å². The van der Waals surface area contributed by atoms with Crippen LogP contribution in [0.25, 0.3) is 0 Å². The lowest BCUT2D eigenvalue weighted by molar-refractivity contribution is -0.117. The largest absolute Gasteiger partial charge is 0.508 e. The third-order valence-electron chi connectivity index (χ3n) is 3.76. The first kappa shape index (κ1) is 17.8. The summed E-state index contributed by atoms with van der Waals surface area (Å²) in [5.74, 6) is -0.158. The van der Waals surface area contributed by atoms with Crippen molar-refractivity contribution in [3.05, 3.63) is 41.6 Å². The topological polar surface area (TPSA) is 85.6 Å². The van der Waals surface area contributed by atoms with Gasteiger partial charge in [-0.15, -0.1) is 0 Å². The summed E-state index contributed by atoms with van der Waals surface area (Å²) >= 11 is 0. The number of phenols is 1. The minimum atomic E-state index is -0.372. The maximum Gasteiger partial charge on any atom is 0.263 e. The molecule has 0 aromatic heterocycles. The van der Waals surface area contributed by atoms with Gasteiger partial charge in [0.05, 0.1) is 12.2 Å². The Morgan fingerprint density at radius 1 is 1.38 bits per heavy atom. The van der Waals surface area contributed by atoms with E-state index in [9.17, 15) is 15.2 Å². The van der Waals surface area contributed by atoms with Crippen molar-refractivity contribution < 1.29 is 14.6 Å². The molecule has 0 bridgehead atoms. The van der Waals surface area contributed by atoms with Gasteiger partial charge in [0, 0.05) is 25.8 Å². The number of aromatic hydroxyl groups is 1. The van der Waals surface area contributed by atoms with Gasteiger partial charge in [-0.2, -0.15) is 5.26 Å². The quantitative estimate of drug-likeness (QED) is 0.632. The average molecular weight is 329 g/mol. The molecular weight excluding hydrogens is 306 g/mol. The summed E-state index contributed by atoms with van der Waals surface area (Å²) in [6, 6.07) is 8.80. The highest BCUT2D eigenvalue weighted by Gasteiger charge is 2.21. The smallest absolute Gasteiger partial charge is 0.263 e. The van der Waals surface area contributed by atoms with Gasteiger partial charge >= 0.3 is 0 Å². The Balaban J connectivity index is 1.88. The molecule has 2 N–H and O–H groups in total. The zero-order valence-electron chi connectivity index (χ0n) is 14.0. The van der Waals surface area contributed by atoms with E-state index in [2.05, 4.69) is 5.32 Å². The SMILES string of the molecule is CC1CN(/C=C(/C#N)C(=O)NCCc2ccc(O)cc2)CC(C)O1. The number of carbonyl (C=O) groups excluding carboxylic acids is 1. The number of rotatable bonds is 5. The monoisotopic (exact) mass is 329 g/mol. The highest BCUT2D eigenvalue weighted by Crippen LogP contribution is 2.12. The average Bonchev–Trinajstić information content (AvgIpc) is 2.53. The van der Waals surface area contributed by atoms with E-state index < -0.39 is 0 Å². The van der Waals surface area contributed by atoms with Gasteiger partial charge < -0.3 is 20.1 Å². The van der Waals surface area contributed by atoms with Gasteiger partial charge in [0.25, 0.3) is 5.91 Å². The summed E-state index contributed by atoms with van der Waals surface area (Å²) in [7, 11) is 0. The normalized spacial score (nSPS) is 21.2. The Morgan fingerprint density at radius 3 is 2.58 bits per heavy atom. The highest BCUT2D eigenvalue weighted by atomic mass is 16.5. The molecule has 0 radical (unpaired) electrons. The van der Waals surface area contributed by atoms with Crippen LogP contribution in [0.2, 0.25) is 0 Å². The second-order valence-electron chi connectivity index (χ2n) is 6.04. The molecule has 1 saturated heterocycles. The van der Waals surface area contributed by atoms with Gasteiger partial charge in [0.15, 0.2) is 0 Å². The number of nitriles is 1. The molecule has 1 amide bonds. The van der Waals surface area contributed by atoms with Gasteiger partial charge in [0.1, 0.15) is 17.4 Å². The number of nitrogens with zero attached hydrogens (tertiary/aromatic N) is 2. The van der Waals surface area contributed by atoms with Crippen molar-refractivity contribution in [1.82, 2.24) is 10.2 Å². The zero-order valence-corrected chi connectivity index (χ0v) is 14.0. The molecule has 2 unspecified atom stereocenters. The molecular formula is C18H23N3O3. The number of ether oxygens (including phenoxy) is 1. The van der Waals surface area contributed by atoms with E-state index in [1.807, 2.05) is 24.8 Å². The second-order valence-corrected chi connectivity index (χ2v) is 6.04. The molecule has 1 aliphatic rings. The zero-order chi connectivity index (χ0) is 17.5. The maximum atomic E-state index is 12.2. The predicted octanol–water partition coefficient (Wildman–Crippen LogP) is 1.57. The Hall–Kier alpha value is -2.52. The number of phenolic OH excluding ortho intramolecular Hbond substituents is 1. The Kier molecular flexibility index (Phi) is 6.21. The summed E-state index contributed by atoms with van der Waals surface area (Å²) < 4.78 is 5.64. The fraction of sp³-hybridized carbons (Fsp3) is 0.444. The van der Waals surface area contributed by atoms with Gasteiger partial charge in [0.2, 0.25) is 0 Å². The number of morpholine rings is 1. The van der Waals surface area contributed by atoms with Crippen LogP contribution >= 0.6 is 0 Å². The van der Waals surface area contributed by atoms with E-state index in [0.29, 0.717) is 26.1 Å². The van der Waals surface area contributed by atoms with Crippen molar-refractivity contribution in [2.24, 2.45) is 0 Å². The molecule has 1 aromatic rings. The van der Waals surface area contributed by atoms with Crippen molar-refractivity contribution >= 4 is 5.91 Å². The molecule has 0 spiro atoms. The van der Waals surface area contributed by atoms with Crippen LogP contribution in [0, 0.1) is 11.3 Å². The lowest BCUT2D eigenvalue weighted by Crippen LogP contribution is -2.43. The van der Waals surface area contributed by atoms with Crippen molar-refractivity contribution in [3.63, 3.8) is 0 Å². The second kappa shape index (κ2) is 8.37. The Labute approximate surface area is 142 Å². The summed E-state index contributed by atoms with van der Waals surface area (Å²) in [6.07, 6.45) is 2.40. The van der Waals surface area contributed by atoms with E-state index in [-0.39, 0.29) is 29.4 Å². The van der Waals surface area contributed by atoms with Crippen LogP contribution in [0.1, 0.15) is 19.4 Å². The molecule has 0 saturated carbocycles. The molecule has 6 heteroatoms. The van der Waals surface area contributed by atoms with E-state index in [4.69, 9.17) is 4.74 Å². The van der Waals surface area contributed by atoms with E-state index in [1.54, 1.807) is 30.5 Å². The number of hydrogen-bond acceptors (Lipinski definition) is 5.